The van der Waals surface area contributed by atoms with Crippen LogP contribution in [-0.2, 0) is 9.53 Å². The molecule has 0 radical (unpaired) electrons. The molecule has 1 heterocycles. The number of nitrogens with zero attached hydrogens (tertiary/aromatic N) is 2. The Morgan fingerprint density at radius 2 is 2.40 bits per heavy atom. The molecule has 6 nitrogen and oxygen atoms in total. The monoisotopic (exact) mass is 210 g/mol. The molecule has 15 heavy (non-hydrogen) atoms. The number of ether oxygens (including phenoxy) is 1. The zero-order valence-electron chi connectivity index (χ0n) is 8.08. The molecule has 1 rings (SSSR count). The normalized spacial score (nSPS) is 17.6. The molecule has 0 aromatic rings. The van der Waals surface area contributed by atoms with E-state index < -0.39 is 5.97 Å². The highest BCUT2D eigenvalue weighted by molar-refractivity contribution is 5.91. The van der Waals surface area contributed by atoms with Crippen molar-refractivity contribution in [1.29, 1.82) is 0 Å². The molecular weight excluding hydrogens is 200 g/mol. The van der Waals surface area contributed by atoms with E-state index in [0.29, 0.717) is 5.06 Å². The van der Waals surface area contributed by atoms with Crippen LogP contribution in [0.25, 0.3) is 0 Å². The van der Waals surface area contributed by atoms with Crippen LogP contribution in [0.5, 0.6) is 0 Å². The smallest absolute Gasteiger partial charge is 0.339 e. The van der Waals surface area contributed by atoms with Crippen LogP contribution >= 0.6 is 0 Å². The van der Waals surface area contributed by atoms with E-state index in [4.69, 9.17) is 4.74 Å². The zero-order valence-corrected chi connectivity index (χ0v) is 8.08. The molecule has 0 spiro atoms. The van der Waals surface area contributed by atoms with E-state index in [2.05, 4.69) is 5.18 Å². The van der Waals surface area contributed by atoms with Crippen LogP contribution in [0.3, 0.4) is 0 Å². The first-order valence-electron chi connectivity index (χ1n) is 4.26. The topological polar surface area (TPSA) is 79.2 Å². The minimum Gasteiger partial charge on any atom is -0.462 e. The Labute approximate surface area is 86.1 Å². The molecular formula is C9H10N2O4. The first kappa shape index (κ1) is 11.1. The van der Waals surface area contributed by atoms with Gasteiger partial charge in [-0.2, -0.15) is 0 Å². The third kappa shape index (κ3) is 2.75. The summed E-state index contributed by atoms with van der Waals surface area (Å²) < 4.78 is 4.72. The summed E-state index contributed by atoms with van der Waals surface area (Å²) in [6, 6.07) is 0. The highest BCUT2D eigenvalue weighted by Gasteiger charge is 2.14. The number of esters is 1. The molecule has 80 valence electrons. The highest BCUT2D eigenvalue weighted by Crippen LogP contribution is 2.15. The number of carbonyl (C=O) groups excluding carboxylic acids is 1. The van der Waals surface area contributed by atoms with Crippen LogP contribution in [0, 0.1) is 4.91 Å². The molecule has 0 fully saturated rings. The average molecular weight is 210 g/mol. The van der Waals surface area contributed by atoms with Crippen molar-refractivity contribution in [2.24, 2.45) is 5.18 Å². The molecule has 0 saturated heterocycles. The second-order valence-electron chi connectivity index (χ2n) is 2.64. The number of rotatable bonds is 3. The Morgan fingerprint density at radius 1 is 1.67 bits per heavy atom. The summed E-state index contributed by atoms with van der Waals surface area (Å²) in [5.74, 6) is -0.536. The van der Waals surface area contributed by atoms with Gasteiger partial charge in [0.1, 0.15) is 0 Å². The van der Waals surface area contributed by atoms with Crippen LogP contribution in [0.1, 0.15) is 6.92 Å². The Bertz CT molecular complexity index is 357. The van der Waals surface area contributed by atoms with Gasteiger partial charge in [-0.05, 0) is 24.3 Å². The SMILES string of the molecule is CCOC(=O)C1=CN(O)C(=CN=O)C=C1. The summed E-state index contributed by atoms with van der Waals surface area (Å²) in [6.45, 7) is 1.94. The highest BCUT2D eigenvalue weighted by atomic mass is 16.5. The molecule has 0 atom stereocenters. The van der Waals surface area contributed by atoms with Gasteiger partial charge in [0.2, 0.25) is 0 Å². The van der Waals surface area contributed by atoms with Gasteiger partial charge in [0.05, 0.1) is 24.1 Å². The van der Waals surface area contributed by atoms with Gasteiger partial charge in [0, 0.05) is 6.20 Å². The number of nitroso groups, excluding NO2 is 1. The molecule has 0 aromatic carbocycles. The first-order valence-corrected chi connectivity index (χ1v) is 4.26. The summed E-state index contributed by atoms with van der Waals surface area (Å²) in [4.78, 5) is 21.2. The van der Waals surface area contributed by atoms with Crippen molar-refractivity contribution in [3.8, 4) is 0 Å². The van der Waals surface area contributed by atoms with Crippen LogP contribution in [0.2, 0.25) is 0 Å². The van der Waals surface area contributed by atoms with Crippen molar-refractivity contribution in [3.05, 3.63) is 40.7 Å². The fourth-order valence-electron chi connectivity index (χ4n) is 0.992. The van der Waals surface area contributed by atoms with Gasteiger partial charge in [-0.15, -0.1) is 4.91 Å². The lowest BCUT2D eigenvalue weighted by Gasteiger charge is -2.17. The number of hydrogen-bond donors (Lipinski definition) is 1. The molecule has 0 bridgehead atoms. The van der Waals surface area contributed by atoms with Crippen LogP contribution in [-0.4, -0.2) is 22.8 Å². The van der Waals surface area contributed by atoms with Crippen molar-refractivity contribution in [2.75, 3.05) is 6.61 Å². The lowest BCUT2D eigenvalue weighted by Crippen LogP contribution is -2.17. The van der Waals surface area contributed by atoms with Gasteiger partial charge in [-0.1, -0.05) is 0 Å². The molecule has 0 amide bonds. The maximum absolute atomic E-state index is 11.2. The van der Waals surface area contributed by atoms with Gasteiger partial charge in [-0.3, -0.25) is 5.21 Å². The Kier molecular flexibility index (Phi) is 3.75. The third-order valence-electron chi connectivity index (χ3n) is 1.66. The number of hydrogen-bond acceptors (Lipinski definition) is 6. The number of carbonyl (C=O) groups is 1. The van der Waals surface area contributed by atoms with Crippen LogP contribution < -0.4 is 0 Å². The van der Waals surface area contributed by atoms with E-state index in [1.807, 2.05) is 0 Å². The average Bonchev–Trinajstić information content (AvgIpc) is 2.21. The largest absolute Gasteiger partial charge is 0.462 e. The van der Waals surface area contributed by atoms with Gasteiger partial charge in [0.25, 0.3) is 0 Å². The fourth-order valence-corrected chi connectivity index (χ4v) is 0.992. The van der Waals surface area contributed by atoms with E-state index in [0.717, 1.165) is 12.4 Å². The van der Waals surface area contributed by atoms with Crippen molar-refractivity contribution >= 4 is 5.97 Å². The van der Waals surface area contributed by atoms with Crippen molar-refractivity contribution < 1.29 is 14.7 Å². The summed E-state index contributed by atoms with van der Waals surface area (Å²) in [5.41, 5.74) is 0.375. The van der Waals surface area contributed by atoms with Gasteiger partial charge in [-0.25, -0.2) is 9.86 Å². The van der Waals surface area contributed by atoms with Crippen LogP contribution in [0.15, 0.2) is 41.0 Å². The maximum atomic E-state index is 11.2. The summed E-state index contributed by atoms with van der Waals surface area (Å²) in [7, 11) is 0. The predicted octanol–water partition coefficient (Wildman–Crippen LogP) is 1.30. The van der Waals surface area contributed by atoms with Gasteiger partial charge < -0.3 is 4.74 Å². The molecule has 1 N–H and O–H groups in total. The van der Waals surface area contributed by atoms with Crippen LogP contribution in [0.4, 0.5) is 0 Å². The minimum atomic E-state index is -0.536. The second-order valence-corrected chi connectivity index (χ2v) is 2.64. The van der Waals surface area contributed by atoms with E-state index >= 15 is 0 Å². The molecule has 0 saturated carbocycles. The van der Waals surface area contributed by atoms with E-state index in [1.165, 1.54) is 12.2 Å². The molecule has 1 aliphatic heterocycles. The Balaban J connectivity index is 2.79. The minimum absolute atomic E-state index is 0.179. The Hall–Kier alpha value is -1.95. The van der Waals surface area contributed by atoms with Crippen molar-refractivity contribution in [2.45, 2.75) is 6.92 Å². The van der Waals surface area contributed by atoms with E-state index in [9.17, 15) is 14.9 Å². The lowest BCUT2D eigenvalue weighted by atomic mass is 10.2. The third-order valence-corrected chi connectivity index (χ3v) is 1.66. The van der Waals surface area contributed by atoms with E-state index in [1.54, 1.807) is 6.92 Å². The molecule has 0 unspecified atom stereocenters. The summed E-state index contributed by atoms with van der Waals surface area (Å²) >= 11 is 0. The molecule has 1 aliphatic rings. The Morgan fingerprint density at radius 3 is 2.93 bits per heavy atom. The standard InChI is InChI=1S/C9H10N2O4/c1-2-15-9(12)7-3-4-8(5-10-13)11(14)6-7/h3-6,14H,2H2,1H3. The van der Waals surface area contributed by atoms with Gasteiger partial charge in [0.15, 0.2) is 0 Å². The fraction of sp³-hybridized carbons (Fsp3) is 0.222. The van der Waals surface area contributed by atoms with E-state index in [-0.39, 0.29) is 17.9 Å². The molecule has 0 aromatic heterocycles. The molecule has 0 aliphatic carbocycles. The lowest BCUT2D eigenvalue weighted by molar-refractivity contribution is -0.138. The summed E-state index contributed by atoms with van der Waals surface area (Å²) in [5, 5.41) is 12.5. The quantitative estimate of drug-likeness (QED) is 0.561. The zero-order chi connectivity index (χ0) is 11.3. The van der Waals surface area contributed by atoms with Crippen molar-refractivity contribution in [3.63, 3.8) is 0 Å². The second kappa shape index (κ2) is 5.06. The first-order chi connectivity index (χ1) is 7.19. The summed E-state index contributed by atoms with van der Waals surface area (Å²) in [6.07, 6.45) is 4.89. The van der Waals surface area contributed by atoms with Crippen molar-refractivity contribution in [1.82, 2.24) is 5.06 Å². The number of hydroxylamine groups is 2. The number of allylic oxidation sites excluding steroid dienone is 1. The van der Waals surface area contributed by atoms with Gasteiger partial charge >= 0.3 is 5.97 Å². The molecule has 6 heteroatoms. The maximum Gasteiger partial charge on any atom is 0.339 e. The predicted molar refractivity (Wildman–Crippen MR) is 51.4 cm³/mol.